The summed E-state index contributed by atoms with van der Waals surface area (Å²) in [5, 5.41) is -0.478. The van der Waals surface area contributed by atoms with E-state index in [4.69, 9.17) is 11.6 Å². The molecule has 1 aromatic rings. The molecule has 0 aliphatic rings. The van der Waals surface area contributed by atoms with Crippen LogP contribution in [0.4, 0.5) is 8.78 Å². The number of hydrogen-bond acceptors (Lipinski definition) is 0. The fourth-order valence-electron chi connectivity index (χ4n) is 0.429. The van der Waals surface area contributed by atoms with Crippen LogP contribution in [-0.2, 0) is 16.3 Å². The molecule has 0 bridgehead atoms. The van der Waals surface area contributed by atoms with Crippen LogP contribution in [0.15, 0.2) is 12.1 Å². The zero-order valence-corrected chi connectivity index (χ0v) is 10.7. The van der Waals surface area contributed by atoms with Crippen molar-refractivity contribution in [3.05, 3.63) is 34.9 Å². The van der Waals surface area contributed by atoms with Gasteiger partial charge in [-0.1, -0.05) is 0 Å². The van der Waals surface area contributed by atoms with Crippen LogP contribution in [0.25, 0.3) is 0 Å². The Morgan fingerprint density at radius 1 is 1.27 bits per heavy atom. The predicted molar refractivity (Wildman–Crippen MR) is 39.1 cm³/mol. The van der Waals surface area contributed by atoms with E-state index >= 15 is 0 Å². The summed E-state index contributed by atoms with van der Waals surface area (Å²) in [6.45, 7) is 0. The van der Waals surface area contributed by atoms with Crippen molar-refractivity contribution in [1.82, 2.24) is 0 Å². The van der Waals surface area contributed by atoms with Crippen molar-refractivity contribution in [2.24, 2.45) is 0 Å². The minimum atomic E-state index is -0.781. The van der Waals surface area contributed by atoms with E-state index in [1.807, 2.05) is 0 Å². The molecule has 0 spiro atoms. The molecule has 1 rings (SSSR count). The van der Waals surface area contributed by atoms with Gasteiger partial charge in [-0.05, 0) is 0 Å². The van der Waals surface area contributed by atoms with Crippen LogP contribution >= 0.6 is 25.2 Å². The topological polar surface area (TPSA) is 0 Å². The van der Waals surface area contributed by atoms with E-state index in [1.165, 1.54) is 16.3 Å². The van der Waals surface area contributed by atoms with Crippen LogP contribution in [0.2, 0.25) is 5.02 Å². The van der Waals surface area contributed by atoms with Crippen molar-refractivity contribution in [1.29, 1.82) is 0 Å². The van der Waals surface area contributed by atoms with Gasteiger partial charge in [0.1, 0.15) is 0 Å². The molecule has 0 saturated heterocycles. The maximum absolute atomic E-state index is 12.2. The fraction of sp³-hybridized carbons (Fsp3) is 0. The zero-order chi connectivity index (χ0) is 8.85. The van der Waals surface area contributed by atoms with Crippen LogP contribution in [0.3, 0.4) is 0 Å². The van der Waals surface area contributed by atoms with Crippen molar-refractivity contribution in [3.63, 3.8) is 0 Å². The van der Waals surface area contributed by atoms with E-state index in [1.54, 1.807) is 0 Å². The van der Waals surface area contributed by atoms with Gasteiger partial charge < -0.3 is 0 Å². The SMILES string of the molecule is Fc1c[c-]cc(F)c1Cl.[Zn+][Br]. The molecule has 0 N–H and O–H groups in total. The van der Waals surface area contributed by atoms with E-state index in [0.717, 1.165) is 12.1 Å². The monoisotopic (exact) mass is 290 g/mol. The molecule has 0 heterocycles. The van der Waals surface area contributed by atoms with Crippen molar-refractivity contribution in [3.8, 4) is 0 Å². The average molecular weight is 293 g/mol. The van der Waals surface area contributed by atoms with E-state index in [0.29, 0.717) is 0 Å². The van der Waals surface area contributed by atoms with Crippen molar-refractivity contribution in [2.45, 2.75) is 0 Å². The second-order valence-electron chi connectivity index (χ2n) is 1.47. The molecule has 0 aliphatic heterocycles. The van der Waals surface area contributed by atoms with Gasteiger partial charge in [-0.2, -0.15) is 6.07 Å². The predicted octanol–water partition coefficient (Wildman–Crippen LogP) is 3.26. The number of rotatable bonds is 0. The Morgan fingerprint density at radius 3 is 1.91 bits per heavy atom. The van der Waals surface area contributed by atoms with Crippen molar-refractivity contribution < 1.29 is 25.1 Å². The average Bonchev–Trinajstić information content (AvgIpc) is 2.04. The summed E-state index contributed by atoms with van der Waals surface area (Å²) in [5.41, 5.74) is 0. The Kier molecular flexibility index (Phi) is 6.30. The van der Waals surface area contributed by atoms with E-state index < -0.39 is 16.7 Å². The molecule has 0 radical (unpaired) electrons. The number of hydrogen-bond donors (Lipinski definition) is 0. The summed E-state index contributed by atoms with van der Waals surface area (Å²) in [4.78, 5) is 0. The summed E-state index contributed by atoms with van der Waals surface area (Å²) >= 11 is 9.36. The van der Waals surface area contributed by atoms with E-state index in [9.17, 15) is 8.78 Å². The van der Waals surface area contributed by atoms with Crippen LogP contribution in [0.1, 0.15) is 0 Å². The first-order valence-electron chi connectivity index (χ1n) is 2.49. The molecule has 1 aromatic carbocycles. The van der Waals surface area contributed by atoms with E-state index in [2.05, 4.69) is 19.7 Å². The summed E-state index contributed by atoms with van der Waals surface area (Å²) in [6, 6.07) is 4.19. The molecule has 0 saturated carbocycles. The summed E-state index contributed by atoms with van der Waals surface area (Å²) in [6.07, 6.45) is 0. The molecule has 0 unspecified atom stereocenters. The molecule has 5 heteroatoms. The Morgan fingerprint density at radius 2 is 1.64 bits per heavy atom. The quantitative estimate of drug-likeness (QED) is 0.391. The molecule has 0 fully saturated rings. The van der Waals surface area contributed by atoms with E-state index in [-0.39, 0.29) is 0 Å². The summed E-state index contributed by atoms with van der Waals surface area (Å²) in [5.74, 6) is -1.56. The normalized spacial score (nSPS) is 8.55. The van der Waals surface area contributed by atoms with Crippen molar-refractivity contribution >= 4 is 25.2 Å². The van der Waals surface area contributed by atoms with Gasteiger partial charge in [0.15, 0.2) is 0 Å². The standard InChI is InChI=1S/C6H2ClF2.BrH.Zn/c7-6-4(8)2-1-3-5(6)9;;/h2-3H;1H;/q-1;;+2/p-1. The fourth-order valence-corrected chi connectivity index (χ4v) is 0.538. The van der Waals surface area contributed by atoms with Crippen LogP contribution in [-0.4, -0.2) is 0 Å². The van der Waals surface area contributed by atoms with Crippen LogP contribution < -0.4 is 0 Å². The van der Waals surface area contributed by atoms with Gasteiger partial charge >= 0.3 is 30.0 Å². The van der Waals surface area contributed by atoms with Gasteiger partial charge in [0.05, 0.1) is 0 Å². The number of halogens is 4. The molecule has 0 nitrogen and oxygen atoms in total. The summed E-state index contributed by atoms with van der Waals surface area (Å²) in [7, 11) is 0. The van der Waals surface area contributed by atoms with Gasteiger partial charge in [0, 0.05) is 16.7 Å². The molecule has 0 atom stereocenters. The molecule has 56 valence electrons. The third-order valence-corrected chi connectivity index (χ3v) is 1.20. The van der Waals surface area contributed by atoms with Crippen molar-refractivity contribution in [2.75, 3.05) is 0 Å². The first kappa shape index (κ1) is 11.5. The Balaban J connectivity index is 0.000000461. The molecule has 0 aliphatic carbocycles. The zero-order valence-electron chi connectivity index (χ0n) is 5.37. The third kappa shape index (κ3) is 3.59. The molecular weight excluding hydrogens is 291 g/mol. The minimum absolute atomic E-state index is 0.478. The van der Waals surface area contributed by atoms with Crippen LogP contribution in [0, 0.1) is 17.7 Å². The molecule has 11 heavy (non-hydrogen) atoms. The Bertz CT molecular complexity index is 212. The Labute approximate surface area is 85.0 Å². The van der Waals surface area contributed by atoms with Gasteiger partial charge in [-0.25, -0.2) is 0 Å². The van der Waals surface area contributed by atoms with Crippen LogP contribution in [0.5, 0.6) is 0 Å². The maximum atomic E-state index is 12.2. The molecule has 0 aromatic heterocycles. The second-order valence-corrected chi connectivity index (χ2v) is 1.84. The number of benzene rings is 1. The van der Waals surface area contributed by atoms with Gasteiger partial charge in [0.2, 0.25) is 0 Å². The van der Waals surface area contributed by atoms with Gasteiger partial charge in [-0.3, -0.25) is 8.78 Å². The molecular formula is C6H2BrClF2Zn. The first-order chi connectivity index (χ1) is 5.22. The summed E-state index contributed by atoms with van der Waals surface area (Å²) < 4.78 is 24.4. The second kappa shape index (κ2) is 6.04. The van der Waals surface area contributed by atoms with Gasteiger partial charge in [0.25, 0.3) is 0 Å². The third-order valence-electron chi connectivity index (χ3n) is 0.839. The van der Waals surface area contributed by atoms with Gasteiger partial charge in [-0.15, -0.1) is 23.7 Å². The Hall–Kier alpha value is 0.473. The molecule has 0 amide bonds. The first-order valence-corrected chi connectivity index (χ1v) is 9.82.